The summed E-state index contributed by atoms with van der Waals surface area (Å²) in [5.41, 5.74) is 1.94. The van der Waals surface area contributed by atoms with Gasteiger partial charge in [-0.25, -0.2) is 14.6 Å². The smallest absolute Gasteiger partial charge is 0.131 e. The summed E-state index contributed by atoms with van der Waals surface area (Å²) < 4.78 is 2.77. The highest BCUT2D eigenvalue weighted by Crippen LogP contribution is 2.21. The molecule has 20 heavy (non-hydrogen) atoms. The summed E-state index contributed by atoms with van der Waals surface area (Å²) in [5, 5.41) is 7.84. The molecule has 0 radical (unpaired) electrons. The minimum absolute atomic E-state index is 0.327. The second-order valence-electron chi connectivity index (χ2n) is 5.47. The van der Waals surface area contributed by atoms with Crippen LogP contribution in [0, 0.1) is 0 Å². The van der Waals surface area contributed by atoms with Gasteiger partial charge in [0.15, 0.2) is 0 Å². The van der Waals surface area contributed by atoms with Gasteiger partial charge in [0.25, 0.3) is 0 Å². The number of nitrogens with zero attached hydrogens (tertiary/aromatic N) is 4. The van der Waals surface area contributed by atoms with Crippen molar-refractivity contribution >= 4 is 15.9 Å². The lowest BCUT2D eigenvalue weighted by Crippen LogP contribution is -2.19. The van der Waals surface area contributed by atoms with Crippen molar-refractivity contribution < 1.29 is 0 Å². The average molecular weight is 336 g/mol. The molecule has 0 amide bonds. The van der Waals surface area contributed by atoms with Crippen molar-refractivity contribution in [1.82, 2.24) is 25.1 Å². The third kappa shape index (κ3) is 3.07. The summed E-state index contributed by atoms with van der Waals surface area (Å²) in [4.78, 5) is 9.16. The highest BCUT2D eigenvalue weighted by molar-refractivity contribution is 9.10. The van der Waals surface area contributed by atoms with Gasteiger partial charge in [0, 0.05) is 24.7 Å². The predicted molar refractivity (Wildman–Crippen MR) is 80.8 cm³/mol. The normalized spacial score (nSPS) is 15.0. The zero-order valence-corrected chi connectivity index (χ0v) is 13.3. The second-order valence-corrected chi connectivity index (χ2v) is 6.39. The molecule has 1 aliphatic rings. The van der Waals surface area contributed by atoms with E-state index in [-0.39, 0.29) is 0 Å². The van der Waals surface area contributed by atoms with Crippen LogP contribution in [-0.2, 0) is 6.54 Å². The molecule has 1 N–H and O–H groups in total. The molecule has 2 aromatic rings. The number of rotatable bonds is 5. The maximum Gasteiger partial charge on any atom is 0.131 e. The molecular weight excluding hydrogens is 318 g/mol. The third-order valence-electron chi connectivity index (χ3n) is 3.31. The Balaban J connectivity index is 1.93. The minimum atomic E-state index is 0.327. The van der Waals surface area contributed by atoms with E-state index in [2.05, 4.69) is 45.2 Å². The van der Waals surface area contributed by atoms with Crippen LogP contribution in [0.25, 0.3) is 5.69 Å². The van der Waals surface area contributed by atoms with Gasteiger partial charge in [0.05, 0.1) is 22.6 Å². The molecule has 2 heterocycles. The molecule has 5 nitrogen and oxygen atoms in total. The van der Waals surface area contributed by atoms with Crippen molar-refractivity contribution in [3.63, 3.8) is 0 Å². The lowest BCUT2D eigenvalue weighted by atomic mass is 10.2. The molecule has 0 saturated heterocycles. The van der Waals surface area contributed by atoms with Gasteiger partial charge in [0.2, 0.25) is 0 Å². The SMILES string of the molecule is CC(C)c1ncc(-n2cc(Br)cn2)c(CNC2CC2)n1. The van der Waals surface area contributed by atoms with Gasteiger partial charge in [-0.05, 0) is 28.8 Å². The molecular formula is C14H18BrN5. The van der Waals surface area contributed by atoms with Crippen molar-refractivity contribution in [2.45, 2.75) is 45.2 Å². The van der Waals surface area contributed by atoms with Gasteiger partial charge < -0.3 is 5.32 Å². The number of nitrogens with one attached hydrogen (secondary N) is 1. The molecule has 106 valence electrons. The average Bonchev–Trinajstić information content (AvgIpc) is 3.17. The molecule has 3 rings (SSSR count). The minimum Gasteiger partial charge on any atom is -0.308 e. The second kappa shape index (κ2) is 5.61. The lowest BCUT2D eigenvalue weighted by Gasteiger charge is -2.12. The molecule has 6 heteroatoms. The summed E-state index contributed by atoms with van der Waals surface area (Å²) in [7, 11) is 0. The largest absolute Gasteiger partial charge is 0.308 e. The Labute approximate surface area is 127 Å². The van der Waals surface area contributed by atoms with E-state index in [0.717, 1.165) is 28.2 Å². The summed E-state index contributed by atoms with van der Waals surface area (Å²) >= 11 is 3.42. The third-order valence-corrected chi connectivity index (χ3v) is 3.72. The van der Waals surface area contributed by atoms with E-state index in [9.17, 15) is 0 Å². The first kappa shape index (κ1) is 13.7. The van der Waals surface area contributed by atoms with Crippen LogP contribution in [-0.4, -0.2) is 25.8 Å². The molecule has 0 bridgehead atoms. The molecule has 0 atom stereocenters. The lowest BCUT2D eigenvalue weighted by molar-refractivity contribution is 0.650. The number of hydrogen-bond donors (Lipinski definition) is 1. The molecule has 0 aromatic carbocycles. The Kier molecular flexibility index (Phi) is 3.85. The van der Waals surface area contributed by atoms with E-state index in [4.69, 9.17) is 4.98 Å². The van der Waals surface area contributed by atoms with E-state index in [0.29, 0.717) is 12.0 Å². The van der Waals surface area contributed by atoms with Crippen molar-refractivity contribution in [1.29, 1.82) is 0 Å². The van der Waals surface area contributed by atoms with Crippen LogP contribution in [0.3, 0.4) is 0 Å². The number of hydrogen-bond acceptors (Lipinski definition) is 4. The van der Waals surface area contributed by atoms with Crippen LogP contribution in [0.1, 0.15) is 44.1 Å². The van der Waals surface area contributed by atoms with E-state index in [1.165, 1.54) is 12.8 Å². The maximum atomic E-state index is 4.71. The van der Waals surface area contributed by atoms with Crippen LogP contribution in [0.4, 0.5) is 0 Å². The van der Waals surface area contributed by atoms with Gasteiger partial charge >= 0.3 is 0 Å². The molecule has 1 fully saturated rings. The van der Waals surface area contributed by atoms with Crippen molar-refractivity contribution in [3.05, 3.63) is 34.6 Å². The van der Waals surface area contributed by atoms with Crippen LogP contribution in [0.2, 0.25) is 0 Å². The monoisotopic (exact) mass is 335 g/mol. The fourth-order valence-electron chi connectivity index (χ4n) is 1.99. The fraction of sp³-hybridized carbons (Fsp3) is 0.500. The predicted octanol–water partition coefficient (Wildman–Crippen LogP) is 2.80. The zero-order chi connectivity index (χ0) is 14.1. The fourth-order valence-corrected chi connectivity index (χ4v) is 2.27. The van der Waals surface area contributed by atoms with Gasteiger partial charge in [-0.1, -0.05) is 13.8 Å². The van der Waals surface area contributed by atoms with Crippen LogP contribution < -0.4 is 5.32 Å². The van der Waals surface area contributed by atoms with E-state index in [1.807, 2.05) is 17.1 Å². The standard InChI is InChI=1S/C14H18BrN5/c1-9(2)14-17-7-13(20-8-10(15)5-18-20)12(19-14)6-16-11-3-4-11/h5,7-9,11,16H,3-4,6H2,1-2H3. The topological polar surface area (TPSA) is 55.6 Å². The van der Waals surface area contributed by atoms with E-state index < -0.39 is 0 Å². The zero-order valence-electron chi connectivity index (χ0n) is 11.7. The molecule has 0 spiro atoms. The maximum absolute atomic E-state index is 4.71. The van der Waals surface area contributed by atoms with Crippen LogP contribution in [0.15, 0.2) is 23.1 Å². The van der Waals surface area contributed by atoms with Gasteiger partial charge in [-0.3, -0.25) is 0 Å². The highest BCUT2D eigenvalue weighted by atomic mass is 79.9. The summed E-state index contributed by atoms with van der Waals surface area (Å²) in [5.74, 6) is 1.21. The first-order valence-electron chi connectivity index (χ1n) is 6.93. The molecule has 1 saturated carbocycles. The van der Waals surface area contributed by atoms with E-state index >= 15 is 0 Å². The van der Waals surface area contributed by atoms with Crippen LogP contribution in [0.5, 0.6) is 0 Å². The van der Waals surface area contributed by atoms with E-state index in [1.54, 1.807) is 6.20 Å². The Morgan fingerprint density at radius 2 is 2.20 bits per heavy atom. The first-order chi connectivity index (χ1) is 9.63. The molecule has 1 aliphatic carbocycles. The van der Waals surface area contributed by atoms with Crippen molar-refractivity contribution in [3.8, 4) is 5.69 Å². The summed E-state index contributed by atoms with van der Waals surface area (Å²) in [6, 6.07) is 0.657. The Morgan fingerprint density at radius 1 is 1.40 bits per heavy atom. The highest BCUT2D eigenvalue weighted by Gasteiger charge is 2.21. The van der Waals surface area contributed by atoms with Gasteiger partial charge in [0.1, 0.15) is 11.5 Å². The Morgan fingerprint density at radius 3 is 2.80 bits per heavy atom. The summed E-state index contributed by atoms with van der Waals surface area (Å²) in [6.07, 6.45) is 8.10. The molecule has 0 unspecified atom stereocenters. The summed E-state index contributed by atoms with van der Waals surface area (Å²) in [6.45, 7) is 4.98. The van der Waals surface area contributed by atoms with Gasteiger partial charge in [-0.2, -0.15) is 5.10 Å². The molecule has 0 aliphatic heterocycles. The Hall–Kier alpha value is -1.27. The van der Waals surface area contributed by atoms with Crippen molar-refractivity contribution in [2.24, 2.45) is 0 Å². The van der Waals surface area contributed by atoms with Crippen molar-refractivity contribution in [2.75, 3.05) is 0 Å². The van der Waals surface area contributed by atoms with Crippen LogP contribution >= 0.6 is 15.9 Å². The molecule has 2 aromatic heterocycles. The Bertz CT molecular complexity index is 603. The van der Waals surface area contributed by atoms with Gasteiger partial charge in [-0.15, -0.1) is 0 Å². The number of aromatic nitrogens is 4. The quantitative estimate of drug-likeness (QED) is 0.912. The first-order valence-corrected chi connectivity index (χ1v) is 7.72. The number of halogens is 1.